The molecule has 0 saturated heterocycles. The Kier molecular flexibility index (Phi) is 4.29. The van der Waals surface area contributed by atoms with Crippen LogP contribution in [0.5, 0.6) is 11.5 Å². The number of esters is 1. The quantitative estimate of drug-likeness (QED) is 0.523. The van der Waals surface area contributed by atoms with Crippen molar-refractivity contribution in [3.63, 3.8) is 0 Å². The molecule has 0 aliphatic carbocycles. The predicted octanol–water partition coefficient (Wildman–Crippen LogP) is 4.56. The first-order valence-corrected chi connectivity index (χ1v) is 7.52. The van der Waals surface area contributed by atoms with Gasteiger partial charge in [0.15, 0.2) is 0 Å². The van der Waals surface area contributed by atoms with Crippen molar-refractivity contribution in [3.8, 4) is 11.5 Å². The first kappa shape index (κ1) is 15.1. The van der Waals surface area contributed by atoms with E-state index in [0.29, 0.717) is 5.75 Å². The number of rotatable bonds is 4. The summed E-state index contributed by atoms with van der Waals surface area (Å²) < 4.78 is 10.7. The van der Waals surface area contributed by atoms with Gasteiger partial charge in [-0.2, -0.15) is 0 Å². The number of hydrogen-bond acceptors (Lipinski definition) is 3. The highest BCUT2D eigenvalue weighted by Crippen LogP contribution is 2.26. The number of methoxy groups -OCH3 is 1. The Bertz CT molecular complexity index is 825. The van der Waals surface area contributed by atoms with Gasteiger partial charge >= 0.3 is 5.97 Å². The Morgan fingerprint density at radius 1 is 0.870 bits per heavy atom. The second kappa shape index (κ2) is 6.53. The largest absolute Gasteiger partial charge is 0.497 e. The van der Waals surface area contributed by atoms with Crippen molar-refractivity contribution in [3.05, 3.63) is 72.3 Å². The van der Waals surface area contributed by atoms with E-state index in [1.807, 2.05) is 61.5 Å². The highest BCUT2D eigenvalue weighted by Gasteiger charge is 2.18. The summed E-state index contributed by atoms with van der Waals surface area (Å²) in [5.74, 6) is 0.794. The first-order chi connectivity index (χ1) is 11.2. The molecular formula is C20H18O3. The van der Waals surface area contributed by atoms with Crippen LogP contribution in [0, 0.1) is 0 Å². The third-order valence-corrected chi connectivity index (χ3v) is 3.89. The molecule has 0 saturated carbocycles. The van der Waals surface area contributed by atoms with Gasteiger partial charge in [-0.3, -0.25) is 4.79 Å². The molecule has 0 heterocycles. The Hall–Kier alpha value is -2.81. The highest BCUT2D eigenvalue weighted by atomic mass is 16.5. The van der Waals surface area contributed by atoms with Gasteiger partial charge in [0, 0.05) is 0 Å². The fourth-order valence-electron chi connectivity index (χ4n) is 2.47. The standard InChI is InChI=1S/C20H18O3/c1-14(20(21)23-18-6-4-3-5-7-18)15-8-9-17-13-19(22-2)11-10-16(17)12-15/h3-14H,1-2H3. The van der Waals surface area contributed by atoms with E-state index in [-0.39, 0.29) is 11.9 Å². The van der Waals surface area contributed by atoms with Gasteiger partial charge in [0.05, 0.1) is 13.0 Å². The van der Waals surface area contributed by atoms with Crippen LogP contribution < -0.4 is 9.47 Å². The maximum absolute atomic E-state index is 12.3. The molecule has 3 nitrogen and oxygen atoms in total. The van der Waals surface area contributed by atoms with Gasteiger partial charge in [-0.25, -0.2) is 0 Å². The van der Waals surface area contributed by atoms with Crippen LogP contribution in [0.1, 0.15) is 18.4 Å². The van der Waals surface area contributed by atoms with E-state index in [1.54, 1.807) is 19.2 Å². The summed E-state index contributed by atoms with van der Waals surface area (Å²) in [6.07, 6.45) is 0. The minimum absolute atomic E-state index is 0.260. The SMILES string of the molecule is COc1ccc2cc(C(C)C(=O)Oc3ccccc3)ccc2c1. The maximum atomic E-state index is 12.3. The lowest BCUT2D eigenvalue weighted by Gasteiger charge is -2.12. The van der Waals surface area contributed by atoms with Gasteiger partial charge in [0.2, 0.25) is 0 Å². The molecule has 0 aliphatic heterocycles. The summed E-state index contributed by atoms with van der Waals surface area (Å²) in [7, 11) is 1.65. The van der Waals surface area contributed by atoms with Crippen molar-refractivity contribution < 1.29 is 14.3 Å². The Balaban J connectivity index is 1.82. The van der Waals surface area contributed by atoms with E-state index in [1.165, 1.54) is 0 Å². The van der Waals surface area contributed by atoms with Crippen LogP contribution in [0.4, 0.5) is 0 Å². The van der Waals surface area contributed by atoms with E-state index in [2.05, 4.69) is 0 Å². The molecular weight excluding hydrogens is 288 g/mol. The van der Waals surface area contributed by atoms with Crippen LogP contribution in [-0.2, 0) is 4.79 Å². The number of hydrogen-bond donors (Lipinski definition) is 0. The molecule has 3 heteroatoms. The minimum atomic E-state index is -0.332. The highest BCUT2D eigenvalue weighted by molar-refractivity contribution is 5.87. The van der Waals surface area contributed by atoms with Gasteiger partial charge in [-0.05, 0) is 47.5 Å². The molecule has 0 aliphatic rings. The number of ether oxygens (including phenoxy) is 2. The number of benzene rings is 3. The first-order valence-electron chi connectivity index (χ1n) is 7.52. The summed E-state index contributed by atoms with van der Waals surface area (Å²) in [5.41, 5.74) is 0.934. The molecule has 23 heavy (non-hydrogen) atoms. The molecule has 3 aromatic carbocycles. The van der Waals surface area contributed by atoms with E-state index in [0.717, 1.165) is 22.1 Å². The summed E-state index contributed by atoms with van der Waals surface area (Å²) in [4.78, 5) is 12.3. The maximum Gasteiger partial charge on any atom is 0.318 e. The van der Waals surface area contributed by atoms with Gasteiger partial charge in [0.25, 0.3) is 0 Å². The smallest absolute Gasteiger partial charge is 0.318 e. The van der Waals surface area contributed by atoms with Gasteiger partial charge in [0.1, 0.15) is 11.5 Å². The molecule has 116 valence electrons. The van der Waals surface area contributed by atoms with E-state index >= 15 is 0 Å². The average Bonchev–Trinajstić information content (AvgIpc) is 2.61. The van der Waals surface area contributed by atoms with Crippen LogP contribution >= 0.6 is 0 Å². The monoisotopic (exact) mass is 306 g/mol. The van der Waals surface area contributed by atoms with Gasteiger partial charge in [-0.15, -0.1) is 0 Å². The van der Waals surface area contributed by atoms with Crippen LogP contribution in [-0.4, -0.2) is 13.1 Å². The predicted molar refractivity (Wildman–Crippen MR) is 91.0 cm³/mol. The Morgan fingerprint density at radius 2 is 1.57 bits per heavy atom. The van der Waals surface area contributed by atoms with Crippen LogP contribution in [0.3, 0.4) is 0 Å². The van der Waals surface area contributed by atoms with Crippen LogP contribution in [0.2, 0.25) is 0 Å². The number of carbonyl (C=O) groups excluding carboxylic acids is 1. The zero-order valence-electron chi connectivity index (χ0n) is 13.2. The Morgan fingerprint density at radius 3 is 2.30 bits per heavy atom. The summed E-state index contributed by atoms with van der Waals surface area (Å²) in [5, 5.41) is 2.15. The van der Waals surface area contributed by atoms with Crippen molar-refractivity contribution in [2.75, 3.05) is 7.11 Å². The molecule has 0 N–H and O–H groups in total. The molecule has 1 unspecified atom stereocenters. The molecule has 1 atom stereocenters. The summed E-state index contributed by atoms with van der Waals surface area (Å²) in [6.45, 7) is 1.86. The second-order valence-corrected chi connectivity index (χ2v) is 5.43. The molecule has 0 amide bonds. The molecule has 0 radical (unpaired) electrons. The Labute approximate surface area is 135 Å². The normalized spacial score (nSPS) is 11.9. The molecule has 0 fully saturated rings. The van der Waals surface area contributed by atoms with Crippen molar-refractivity contribution in [2.24, 2.45) is 0 Å². The number of para-hydroxylation sites is 1. The lowest BCUT2D eigenvalue weighted by molar-refractivity contribution is -0.135. The van der Waals surface area contributed by atoms with Crippen molar-refractivity contribution >= 4 is 16.7 Å². The summed E-state index contributed by atoms with van der Waals surface area (Å²) in [6, 6.07) is 21.0. The lowest BCUT2D eigenvalue weighted by atomic mass is 9.98. The third-order valence-electron chi connectivity index (χ3n) is 3.89. The van der Waals surface area contributed by atoms with Crippen LogP contribution in [0.25, 0.3) is 10.8 Å². The lowest BCUT2D eigenvalue weighted by Crippen LogP contribution is -2.16. The van der Waals surface area contributed by atoms with Crippen molar-refractivity contribution in [1.29, 1.82) is 0 Å². The van der Waals surface area contributed by atoms with Gasteiger partial charge in [-0.1, -0.05) is 42.5 Å². The zero-order valence-corrected chi connectivity index (χ0v) is 13.2. The van der Waals surface area contributed by atoms with Crippen molar-refractivity contribution in [2.45, 2.75) is 12.8 Å². The molecule has 3 aromatic rings. The van der Waals surface area contributed by atoms with E-state index < -0.39 is 0 Å². The fourth-order valence-corrected chi connectivity index (χ4v) is 2.47. The molecule has 0 bridgehead atoms. The third kappa shape index (κ3) is 3.34. The van der Waals surface area contributed by atoms with Crippen LogP contribution in [0.15, 0.2) is 66.7 Å². The fraction of sp³-hybridized carbons (Fsp3) is 0.150. The number of fused-ring (bicyclic) bond motifs is 1. The zero-order chi connectivity index (χ0) is 16.2. The topological polar surface area (TPSA) is 35.5 Å². The minimum Gasteiger partial charge on any atom is -0.497 e. The molecule has 3 rings (SSSR count). The van der Waals surface area contributed by atoms with E-state index in [4.69, 9.17) is 9.47 Å². The van der Waals surface area contributed by atoms with Gasteiger partial charge < -0.3 is 9.47 Å². The summed E-state index contributed by atoms with van der Waals surface area (Å²) >= 11 is 0. The van der Waals surface area contributed by atoms with E-state index in [9.17, 15) is 4.79 Å². The molecule has 0 aromatic heterocycles. The van der Waals surface area contributed by atoms with Crippen molar-refractivity contribution in [1.82, 2.24) is 0 Å². The number of carbonyl (C=O) groups is 1. The second-order valence-electron chi connectivity index (χ2n) is 5.43. The molecule has 0 spiro atoms. The average molecular weight is 306 g/mol.